The third-order valence-corrected chi connectivity index (χ3v) is 4.65. The van der Waals surface area contributed by atoms with Gasteiger partial charge in [-0.25, -0.2) is 0 Å². The largest absolute Gasteiger partial charge is 0.464 e. The van der Waals surface area contributed by atoms with E-state index >= 15 is 0 Å². The molecule has 1 N–H and O–H groups in total. The first kappa shape index (κ1) is 17.0. The summed E-state index contributed by atoms with van der Waals surface area (Å²) in [7, 11) is 2.05. The number of hydrogen-bond donors (Lipinski definition) is 1. The van der Waals surface area contributed by atoms with Crippen LogP contribution in [0.5, 0.6) is 0 Å². The lowest BCUT2D eigenvalue weighted by Crippen LogP contribution is -2.44. The van der Waals surface area contributed by atoms with E-state index in [0.29, 0.717) is 13.0 Å². The van der Waals surface area contributed by atoms with E-state index in [1.54, 1.807) is 6.26 Å². The van der Waals surface area contributed by atoms with E-state index in [-0.39, 0.29) is 18.1 Å². The first-order valence-electron chi connectivity index (χ1n) is 8.69. The number of ether oxygens (including phenoxy) is 1. The van der Waals surface area contributed by atoms with E-state index in [1.165, 1.54) is 5.56 Å². The van der Waals surface area contributed by atoms with Gasteiger partial charge in [-0.3, -0.25) is 4.79 Å². The van der Waals surface area contributed by atoms with Crippen LogP contribution in [0.2, 0.25) is 0 Å². The summed E-state index contributed by atoms with van der Waals surface area (Å²) in [5, 5.41) is 4.16. The molecule has 1 aromatic carbocycles. The normalized spacial score (nSPS) is 21.5. The quantitative estimate of drug-likeness (QED) is 0.883. The van der Waals surface area contributed by atoms with Crippen LogP contribution in [-0.4, -0.2) is 49.7 Å². The number of fused-ring (bicyclic) bond motifs is 1. The standard InChI is InChI=1S/C19H26N2O3/c1-4-13-6-7-17-15(8-13)14(12-24-17)9-19(22)20-16-10-21(3)11-18(16)23-5-2/h6-8,12,16,18H,4-5,9-11H2,1-3H3,(H,20,22)/t16-,18-/m0/s1. The van der Waals surface area contributed by atoms with Gasteiger partial charge in [-0.05, 0) is 38.1 Å². The topological polar surface area (TPSA) is 54.7 Å². The molecule has 130 valence electrons. The predicted molar refractivity (Wildman–Crippen MR) is 94.1 cm³/mol. The second kappa shape index (κ2) is 7.36. The van der Waals surface area contributed by atoms with Gasteiger partial charge in [0.2, 0.25) is 5.91 Å². The van der Waals surface area contributed by atoms with E-state index in [0.717, 1.165) is 36.0 Å². The Balaban J connectivity index is 1.68. The van der Waals surface area contributed by atoms with Crippen LogP contribution in [0, 0.1) is 0 Å². The molecule has 2 aromatic rings. The van der Waals surface area contributed by atoms with E-state index in [2.05, 4.69) is 29.3 Å². The van der Waals surface area contributed by atoms with E-state index in [1.807, 2.05) is 20.0 Å². The monoisotopic (exact) mass is 330 g/mol. The minimum atomic E-state index is 0.0182. The summed E-state index contributed by atoms with van der Waals surface area (Å²) in [6.07, 6.45) is 3.07. The summed E-state index contributed by atoms with van der Waals surface area (Å²) in [5.74, 6) is 0.0182. The van der Waals surface area contributed by atoms with E-state index in [9.17, 15) is 4.79 Å². The maximum absolute atomic E-state index is 12.5. The Morgan fingerprint density at radius 3 is 2.96 bits per heavy atom. The molecule has 0 bridgehead atoms. The van der Waals surface area contributed by atoms with Gasteiger partial charge in [-0.2, -0.15) is 0 Å². The fraction of sp³-hybridized carbons (Fsp3) is 0.526. The molecule has 1 aromatic heterocycles. The zero-order valence-electron chi connectivity index (χ0n) is 14.7. The van der Waals surface area contributed by atoms with Gasteiger partial charge < -0.3 is 19.4 Å². The first-order chi connectivity index (χ1) is 11.6. The van der Waals surface area contributed by atoms with Gasteiger partial charge in [-0.15, -0.1) is 0 Å². The maximum atomic E-state index is 12.5. The second-order valence-corrected chi connectivity index (χ2v) is 6.51. The van der Waals surface area contributed by atoms with Crippen molar-refractivity contribution in [3.05, 3.63) is 35.6 Å². The van der Waals surface area contributed by atoms with E-state index in [4.69, 9.17) is 9.15 Å². The Morgan fingerprint density at radius 2 is 2.21 bits per heavy atom. The van der Waals surface area contributed by atoms with Gasteiger partial charge in [0.25, 0.3) is 0 Å². The van der Waals surface area contributed by atoms with Crippen molar-refractivity contribution in [1.82, 2.24) is 10.2 Å². The van der Waals surface area contributed by atoms with Crippen LogP contribution in [0.4, 0.5) is 0 Å². The molecule has 5 heteroatoms. The molecule has 2 atom stereocenters. The van der Waals surface area contributed by atoms with Crippen molar-refractivity contribution in [2.75, 3.05) is 26.7 Å². The van der Waals surface area contributed by atoms with Gasteiger partial charge >= 0.3 is 0 Å². The number of carbonyl (C=O) groups excluding carboxylic acids is 1. The molecular formula is C19H26N2O3. The average Bonchev–Trinajstić information content (AvgIpc) is 3.11. The number of benzene rings is 1. The number of likely N-dealkylation sites (tertiary alicyclic amines) is 1. The summed E-state index contributed by atoms with van der Waals surface area (Å²) in [5.41, 5.74) is 3.03. The molecule has 24 heavy (non-hydrogen) atoms. The third kappa shape index (κ3) is 3.62. The van der Waals surface area contributed by atoms with Gasteiger partial charge in [0.05, 0.1) is 24.8 Å². The Bertz CT molecular complexity index is 710. The number of amides is 1. The highest BCUT2D eigenvalue weighted by Crippen LogP contribution is 2.23. The Labute approximate surface area is 143 Å². The maximum Gasteiger partial charge on any atom is 0.224 e. The molecule has 3 rings (SSSR count). The zero-order valence-corrected chi connectivity index (χ0v) is 14.7. The average molecular weight is 330 g/mol. The molecule has 1 aliphatic rings. The molecule has 2 heterocycles. The number of nitrogens with one attached hydrogen (secondary N) is 1. The molecule has 1 aliphatic heterocycles. The number of carbonyl (C=O) groups is 1. The Kier molecular flexibility index (Phi) is 5.21. The minimum Gasteiger partial charge on any atom is -0.464 e. The van der Waals surface area contributed by atoms with Crippen LogP contribution in [-0.2, 0) is 22.4 Å². The summed E-state index contributed by atoms with van der Waals surface area (Å²) < 4.78 is 11.3. The van der Waals surface area contributed by atoms with Crippen molar-refractivity contribution in [3.63, 3.8) is 0 Å². The van der Waals surface area contributed by atoms with Crippen molar-refractivity contribution in [3.8, 4) is 0 Å². The minimum absolute atomic E-state index is 0.0182. The highest BCUT2D eigenvalue weighted by atomic mass is 16.5. The number of rotatable bonds is 6. The highest BCUT2D eigenvalue weighted by molar-refractivity contribution is 5.88. The van der Waals surface area contributed by atoms with Crippen LogP contribution in [0.15, 0.2) is 28.9 Å². The number of likely N-dealkylation sites (N-methyl/N-ethyl adjacent to an activating group) is 1. The van der Waals surface area contributed by atoms with Crippen molar-refractivity contribution in [1.29, 1.82) is 0 Å². The van der Waals surface area contributed by atoms with E-state index < -0.39 is 0 Å². The third-order valence-electron chi connectivity index (χ3n) is 4.65. The van der Waals surface area contributed by atoms with Crippen LogP contribution in [0.25, 0.3) is 11.0 Å². The van der Waals surface area contributed by atoms with Gasteiger partial charge in [-0.1, -0.05) is 13.0 Å². The zero-order chi connectivity index (χ0) is 17.1. The van der Waals surface area contributed by atoms with Crippen LogP contribution < -0.4 is 5.32 Å². The fourth-order valence-corrected chi connectivity index (χ4v) is 3.40. The lowest BCUT2D eigenvalue weighted by atomic mass is 10.1. The lowest BCUT2D eigenvalue weighted by Gasteiger charge is -2.19. The summed E-state index contributed by atoms with van der Waals surface area (Å²) in [4.78, 5) is 14.7. The van der Waals surface area contributed by atoms with Gasteiger partial charge in [0, 0.05) is 30.6 Å². The molecule has 1 fully saturated rings. The lowest BCUT2D eigenvalue weighted by molar-refractivity contribution is -0.121. The van der Waals surface area contributed by atoms with Crippen molar-refractivity contribution in [2.45, 2.75) is 38.8 Å². The molecule has 0 spiro atoms. The molecular weight excluding hydrogens is 304 g/mol. The summed E-state index contributed by atoms with van der Waals surface area (Å²) in [6.45, 7) is 6.45. The molecule has 0 aliphatic carbocycles. The molecule has 0 saturated carbocycles. The smallest absolute Gasteiger partial charge is 0.224 e. The number of furan rings is 1. The first-order valence-corrected chi connectivity index (χ1v) is 8.69. The number of hydrogen-bond acceptors (Lipinski definition) is 4. The molecule has 1 saturated heterocycles. The number of nitrogens with zero attached hydrogens (tertiary/aromatic N) is 1. The Hall–Kier alpha value is -1.85. The second-order valence-electron chi connectivity index (χ2n) is 6.51. The van der Waals surface area contributed by atoms with Gasteiger partial charge in [0.15, 0.2) is 0 Å². The molecule has 1 amide bonds. The fourth-order valence-electron chi connectivity index (χ4n) is 3.40. The summed E-state index contributed by atoms with van der Waals surface area (Å²) >= 11 is 0. The Morgan fingerprint density at radius 1 is 1.38 bits per heavy atom. The van der Waals surface area contributed by atoms with Gasteiger partial charge in [0.1, 0.15) is 5.58 Å². The van der Waals surface area contributed by atoms with Crippen molar-refractivity contribution >= 4 is 16.9 Å². The SMILES string of the molecule is CCO[C@H]1CN(C)C[C@@H]1NC(=O)Cc1coc2ccc(CC)cc12. The van der Waals surface area contributed by atoms with Crippen molar-refractivity contribution < 1.29 is 13.9 Å². The predicted octanol–water partition coefficient (Wildman–Crippen LogP) is 2.37. The van der Waals surface area contributed by atoms with Crippen LogP contribution >= 0.6 is 0 Å². The molecule has 5 nitrogen and oxygen atoms in total. The van der Waals surface area contributed by atoms with Crippen LogP contribution in [0.3, 0.4) is 0 Å². The van der Waals surface area contributed by atoms with Crippen molar-refractivity contribution in [2.24, 2.45) is 0 Å². The van der Waals surface area contributed by atoms with Crippen LogP contribution in [0.1, 0.15) is 25.0 Å². The molecule has 0 radical (unpaired) electrons. The molecule has 0 unspecified atom stereocenters. The summed E-state index contributed by atoms with van der Waals surface area (Å²) in [6, 6.07) is 6.21. The number of aryl methyl sites for hydroxylation is 1. The highest BCUT2D eigenvalue weighted by Gasteiger charge is 2.32.